The highest BCUT2D eigenvalue weighted by molar-refractivity contribution is 5.35. The number of para-hydroxylation sites is 1. The Kier molecular flexibility index (Phi) is 4.00. The highest BCUT2D eigenvalue weighted by Crippen LogP contribution is 2.40. The summed E-state index contributed by atoms with van der Waals surface area (Å²) in [5.74, 6) is -0.207. The predicted octanol–water partition coefficient (Wildman–Crippen LogP) is 4.02. The lowest BCUT2D eigenvalue weighted by atomic mass is 9.73. The monoisotopic (exact) mass is 288 g/mol. The zero-order valence-electron chi connectivity index (χ0n) is 11.6. The highest BCUT2D eigenvalue weighted by Gasteiger charge is 2.41. The van der Waals surface area contributed by atoms with Crippen LogP contribution in [0.3, 0.4) is 0 Å². The molecule has 0 aromatic heterocycles. The molecule has 1 aliphatic carbocycles. The van der Waals surface area contributed by atoms with Crippen molar-refractivity contribution in [2.75, 3.05) is 0 Å². The molecule has 2 nitrogen and oxygen atoms in total. The molecule has 0 bridgehead atoms. The second-order valence-corrected chi connectivity index (χ2v) is 5.98. The van der Waals surface area contributed by atoms with Gasteiger partial charge in [-0.05, 0) is 36.8 Å². The first-order valence-electron chi connectivity index (χ1n) is 6.73. The van der Waals surface area contributed by atoms with Gasteiger partial charge in [0, 0.05) is 0 Å². The topological polar surface area (TPSA) is 29.5 Å². The van der Waals surface area contributed by atoms with Gasteiger partial charge in [-0.15, -0.1) is 0 Å². The highest BCUT2D eigenvalue weighted by atomic mass is 19.4. The normalized spacial score (nSPS) is 26.3. The van der Waals surface area contributed by atoms with Crippen molar-refractivity contribution < 1.29 is 23.0 Å². The summed E-state index contributed by atoms with van der Waals surface area (Å²) in [4.78, 5) is 0. The number of benzene rings is 1. The van der Waals surface area contributed by atoms with E-state index in [0.29, 0.717) is 6.42 Å². The van der Waals surface area contributed by atoms with E-state index >= 15 is 0 Å². The van der Waals surface area contributed by atoms with Crippen LogP contribution in [0.15, 0.2) is 24.3 Å². The molecule has 1 fully saturated rings. The summed E-state index contributed by atoms with van der Waals surface area (Å²) in [6, 6.07) is 5.13. The molecule has 20 heavy (non-hydrogen) atoms. The molecule has 0 heterocycles. The molecular formula is C15H19F3O2. The van der Waals surface area contributed by atoms with Crippen molar-refractivity contribution >= 4 is 0 Å². The molecule has 1 aromatic carbocycles. The maximum absolute atomic E-state index is 12.9. The third-order valence-corrected chi connectivity index (χ3v) is 3.93. The van der Waals surface area contributed by atoms with E-state index in [1.54, 1.807) is 0 Å². The number of ether oxygens (including phenoxy) is 1. The molecule has 1 saturated carbocycles. The third-order valence-electron chi connectivity index (χ3n) is 3.93. The van der Waals surface area contributed by atoms with E-state index in [9.17, 15) is 18.3 Å². The predicted molar refractivity (Wildman–Crippen MR) is 69.5 cm³/mol. The molecule has 1 aromatic rings. The second kappa shape index (κ2) is 5.28. The van der Waals surface area contributed by atoms with Crippen LogP contribution in [0.4, 0.5) is 13.2 Å². The summed E-state index contributed by atoms with van der Waals surface area (Å²) in [7, 11) is 0. The van der Waals surface area contributed by atoms with Crippen LogP contribution in [0.5, 0.6) is 5.75 Å². The van der Waals surface area contributed by atoms with Gasteiger partial charge in [-0.1, -0.05) is 26.0 Å². The Labute approximate surface area is 116 Å². The molecule has 2 rings (SSSR count). The standard InChI is InChI=1S/C15H19F3O2/c1-14(2)9-5-8-12(13(14)19)20-11-7-4-3-6-10(11)15(16,17)18/h3-4,6-7,12-13,19H,5,8-9H2,1-2H3. The molecule has 0 amide bonds. The first kappa shape index (κ1) is 15.2. The van der Waals surface area contributed by atoms with E-state index in [0.717, 1.165) is 18.9 Å². The Morgan fingerprint density at radius 2 is 1.90 bits per heavy atom. The van der Waals surface area contributed by atoms with Crippen LogP contribution in [0.1, 0.15) is 38.7 Å². The van der Waals surface area contributed by atoms with Gasteiger partial charge in [0.15, 0.2) is 0 Å². The van der Waals surface area contributed by atoms with E-state index in [1.807, 2.05) is 13.8 Å². The Hall–Kier alpha value is -1.23. The van der Waals surface area contributed by atoms with Gasteiger partial charge in [0.05, 0.1) is 11.7 Å². The largest absolute Gasteiger partial charge is 0.487 e. The minimum atomic E-state index is -4.45. The minimum absolute atomic E-state index is 0.207. The van der Waals surface area contributed by atoms with E-state index in [4.69, 9.17) is 4.74 Å². The Balaban J connectivity index is 2.22. The summed E-state index contributed by atoms with van der Waals surface area (Å²) >= 11 is 0. The maximum atomic E-state index is 12.9. The minimum Gasteiger partial charge on any atom is -0.487 e. The smallest absolute Gasteiger partial charge is 0.419 e. The summed E-state index contributed by atoms with van der Waals surface area (Å²) in [6.45, 7) is 3.81. The SMILES string of the molecule is CC1(C)CCCC(Oc2ccccc2C(F)(F)F)C1O. The molecule has 0 radical (unpaired) electrons. The molecule has 1 N–H and O–H groups in total. The van der Waals surface area contributed by atoms with Crippen LogP contribution >= 0.6 is 0 Å². The van der Waals surface area contributed by atoms with Crippen molar-refractivity contribution in [2.24, 2.45) is 5.41 Å². The molecule has 0 aliphatic heterocycles. The summed E-state index contributed by atoms with van der Waals surface area (Å²) < 4.78 is 44.2. The van der Waals surface area contributed by atoms with E-state index in [-0.39, 0.29) is 11.2 Å². The average molecular weight is 288 g/mol. The van der Waals surface area contributed by atoms with Crippen molar-refractivity contribution in [3.63, 3.8) is 0 Å². The molecule has 0 saturated heterocycles. The number of halogens is 3. The maximum Gasteiger partial charge on any atom is 0.419 e. The van der Waals surface area contributed by atoms with Crippen LogP contribution < -0.4 is 4.74 Å². The van der Waals surface area contributed by atoms with Gasteiger partial charge in [-0.25, -0.2) is 0 Å². The molecule has 112 valence electrons. The molecule has 5 heteroatoms. The third kappa shape index (κ3) is 3.08. The molecule has 2 unspecified atom stereocenters. The van der Waals surface area contributed by atoms with Crippen LogP contribution in [-0.2, 0) is 6.18 Å². The van der Waals surface area contributed by atoms with Gasteiger partial charge in [0.1, 0.15) is 11.9 Å². The van der Waals surface area contributed by atoms with E-state index in [2.05, 4.69) is 0 Å². The fourth-order valence-corrected chi connectivity index (χ4v) is 2.66. The van der Waals surface area contributed by atoms with Crippen LogP contribution in [0.25, 0.3) is 0 Å². The Bertz CT molecular complexity index is 468. The number of hydrogen-bond acceptors (Lipinski definition) is 2. The van der Waals surface area contributed by atoms with Gasteiger partial charge in [-0.3, -0.25) is 0 Å². The lowest BCUT2D eigenvalue weighted by molar-refractivity contribution is -0.141. The summed E-state index contributed by atoms with van der Waals surface area (Å²) in [5.41, 5.74) is -1.13. The van der Waals surface area contributed by atoms with E-state index < -0.39 is 23.9 Å². The zero-order chi connectivity index (χ0) is 15.0. The Morgan fingerprint density at radius 3 is 2.55 bits per heavy atom. The quantitative estimate of drug-likeness (QED) is 0.890. The van der Waals surface area contributed by atoms with Gasteiger partial charge in [0.2, 0.25) is 0 Å². The second-order valence-electron chi connectivity index (χ2n) is 5.98. The van der Waals surface area contributed by atoms with Gasteiger partial charge >= 0.3 is 6.18 Å². The summed E-state index contributed by atoms with van der Waals surface area (Å²) in [5, 5.41) is 10.2. The van der Waals surface area contributed by atoms with Gasteiger partial charge in [-0.2, -0.15) is 13.2 Å². The summed E-state index contributed by atoms with van der Waals surface area (Å²) in [6.07, 6.45) is -3.57. The molecule has 1 aliphatic rings. The first-order valence-corrected chi connectivity index (χ1v) is 6.73. The first-order chi connectivity index (χ1) is 9.22. The number of rotatable bonds is 2. The fraction of sp³-hybridized carbons (Fsp3) is 0.600. The lowest BCUT2D eigenvalue weighted by Crippen LogP contribution is -2.46. The number of hydrogen-bond donors (Lipinski definition) is 1. The molecule has 2 atom stereocenters. The van der Waals surface area contributed by atoms with Crippen molar-refractivity contribution in [3.8, 4) is 5.75 Å². The lowest BCUT2D eigenvalue weighted by Gasteiger charge is -2.40. The van der Waals surface area contributed by atoms with Gasteiger partial charge in [0.25, 0.3) is 0 Å². The van der Waals surface area contributed by atoms with Crippen molar-refractivity contribution in [1.29, 1.82) is 0 Å². The van der Waals surface area contributed by atoms with Crippen molar-refractivity contribution in [1.82, 2.24) is 0 Å². The fourth-order valence-electron chi connectivity index (χ4n) is 2.66. The van der Waals surface area contributed by atoms with Crippen LogP contribution in [0.2, 0.25) is 0 Å². The molecular weight excluding hydrogens is 269 g/mol. The van der Waals surface area contributed by atoms with Crippen LogP contribution in [0, 0.1) is 5.41 Å². The van der Waals surface area contributed by atoms with Crippen molar-refractivity contribution in [3.05, 3.63) is 29.8 Å². The number of aliphatic hydroxyl groups is 1. The molecule has 0 spiro atoms. The van der Waals surface area contributed by atoms with Crippen LogP contribution in [-0.4, -0.2) is 17.3 Å². The Morgan fingerprint density at radius 1 is 1.25 bits per heavy atom. The van der Waals surface area contributed by atoms with Crippen molar-refractivity contribution in [2.45, 2.75) is 51.5 Å². The van der Waals surface area contributed by atoms with E-state index in [1.165, 1.54) is 18.2 Å². The average Bonchev–Trinajstić information content (AvgIpc) is 2.34. The zero-order valence-corrected chi connectivity index (χ0v) is 11.6. The van der Waals surface area contributed by atoms with Gasteiger partial charge < -0.3 is 9.84 Å². The number of aliphatic hydroxyl groups excluding tert-OH is 1. The number of alkyl halides is 3.